The number of nitrogens with zero attached hydrogens (tertiary/aromatic N) is 1. The lowest BCUT2D eigenvalue weighted by molar-refractivity contribution is 0.342. The fourth-order valence-corrected chi connectivity index (χ4v) is 4.11. The van der Waals surface area contributed by atoms with Gasteiger partial charge in [-0.3, -0.25) is 0 Å². The van der Waals surface area contributed by atoms with Crippen molar-refractivity contribution in [2.45, 2.75) is 44.7 Å². The van der Waals surface area contributed by atoms with Crippen LogP contribution in [0.4, 0.5) is 5.69 Å². The van der Waals surface area contributed by atoms with Crippen LogP contribution in [0.25, 0.3) is 0 Å². The second kappa shape index (κ2) is 5.22. The zero-order valence-electron chi connectivity index (χ0n) is 10.7. The Balaban J connectivity index is 1.90. The van der Waals surface area contributed by atoms with Crippen LogP contribution in [0.1, 0.15) is 37.7 Å². The molecule has 2 atom stereocenters. The lowest BCUT2D eigenvalue weighted by Crippen LogP contribution is -2.35. The Morgan fingerprint density at radius 1 is 1.22 bits per heavy atom. The number of nitrogens with two attached hydrogens (primary N) is 1. The molecule has 2 N–H and O–H groups in total. The highest BCUT2D eigenvalue weighted by molar-refractivity contribution is 9.10. The highest BCUT2D eigenvalue weighted by Crippen LogP contribution is 2.40. The molecule has 2 unspecified atom stereocenters. The molecule has 98 valence electrons. The molecule has 3 rings (SSSR count). The molecule has 0 spiro atoms. The molecule has 2 fully saturated rings. The zero-order valence-corrected chi connectivity index (χ0v) is 12.3. The molecule has 0 radical (unpaired) electrons. The lowest BCUT2D eigenvalue weighted by Gasteiger charge is -2.34. The van der Waals surface area contributed by atoms with Gasteiger partial charge in [0.1, 0.15) is 0 Å². The SMILES string of the molecule is NCc1cc(Br)ccc1N1CCC2CCCCC21. The molecule has 3 heteroatoms. The van der Waals surface area contributed by atoms with E-state index in [-0.39, 0.29) is 0 Å². The summed E-state index contributed by atoms with van der Waals surface area (Å²) in [5.41, 5.74) is 8.55. The Kier molecular flexibility index (Phi) is 3.62. The maximum absolute atomic E-state index is 5.91. The largest absolute Gasteiger partial charge is 0.368 e. The van der Waals surface area contributed by atoms with Crippen LogP contribution < -0.4 is 10.6 Å². The Hall–Kier alpha value is -0.540. The maximum Gasteiger partial charge on any atom is 0.0415 e. The van der Waals surface area contributed by atoms with Gasteiger partial charge in [-0.1, -0.05) is 28.8 Å². The third-order valence-electron chi connectivity index (χ3n) is 4.58. The molecule has 1 aliphatic carbocycles. The second-order valence-corrected chi connectivity index (χ2v) is 6.49. The molecular weight excluding hydrogens is 288 g/mol. The van der Waals surface area contributed by atoms with Crippen molar-refractivity contribution in [2.75, 3.05) is 11.4 Å². The van der Waals surface area contributed by atoms with Crippen molar-refractivity contribution in [3.05, 3.63) is 28.2 Å². The molecule has 1 saturated heterocycles. The average molecular weight is 309 g/mol. The van der Waals surface area contributed by atoms with Crippen molar-refractivity contribution >= 4 is 21.6 Å². The number of hydrogen-bond acceptors (Lipinski definition) is 2. The first-order valence-electron chi connectivity index (χ1n) is 7.04. The Morgan fingerprint density at radius 3 is 2.89 bits per heavy atom. The molecule has 1 aromatic carbocycles. The van der Waals surface area contributed by atoms with Crippen molar-refractivity contribution < 1.29 is 0 Å². The van der Waals surface area contributed by atoms with Crippen LogP contribution in [-0.2, 0) is 6.54 Å². The number of benzene rings is 1. The Bertz CT molecular complexity index is 433. The van der Waals surface area contributed by atoms with Gasteiger partial charge >= 0.3 is 0 Å². The smallest absolute Gasteiger partial charge is 0.0415 e. The topological polar surface area (TPSA) is 29.3 Å². The number of rotatable bonds is 2. The fourth-order valence-electron chi connectivity index (χ4n) is 3.70. The highest BCUT2D eigenvalue weighted by Gasteiger charge is 2.36. The minimum Gasteiger partial charge on any atom is -0.368 e. The first kappa shape index (κ1) is 12.5. The summed E-state index contributed by atoms with van der Waals surface area (Å²) in [6.45, 7) is 1.84. The van der Waals surface area contributed by atoms with Crippen LogP contribution in [0.3, 0.4) is 0 Å². The standard InChI is InChI=1S/C15H21BrN2/c16-13-5-6-15(12(9-13)10-17)18-8-7-11-3-1-2-4-14(11)18/h5-6,9,11,14H,1-4,7-8,10,17H2. The minimum atomic E-state index is 0.628. The molecule has 0 aromatic heterocycles. The fraction of sp³-hybridized carbons (Fsp3) is 0.600. The summed E-state index contributed by atoms with van der Waals surface area (Å²) < 4.78 is 1.13. The van der Waals surface area contributed by atoms with Gasteiger partial charge in [0, 0.05) is 29.3 Å². The molecule has 0 bridgehead atoms. The molecule has 1 aromatic rings. The van der Waals surface area contributed by atoms with Gasteiger partial charge in [0.25, 0.3) is 0 Å². The van der Waals surface area contributed by atoms with Crippen LogP contribution in [0.15, 0.2) is 22.7 Å². The second-order valence-electron chi connectivity index (χ2n) is 5.57. The molecule has 1 saturated carbocycles. The van der Waals surface area contributed by atoms with Crippen LogP contribution >= 0.6 is 15.9 Å². The average Bonchev–Trinajstić information content (AvgIpc) is 2.82. The van der Waals surface area contributed by atoms with Gasteiger partial charge in [0.15, 0.2) is 0 Å². The van der Waals surface area contributed by atoms with Gasteiger partial charge in [-0.15, -0.1) is 0 Å². The quantitative estimate of drug-likeness (QED) is 0.903. The van der Waals surface area contributed by atoms with Gasteiger partial charge in [-0.05, 0) is 48.9 Å². The predicted molar refractivity (Wildman–Crippen MR) is 79.7 cm³/mol. The van der Waals surface area contributed by atoms with E-state index in [1.54, 1.807) is 0 Å². The van der Waals surface area contributed by atoms with Crippen molar-refractivity contribution in [3.63, 3.8) is 0 Å². The van der Waals surface area contributed by atoms with E-state index in [0.717, 1.165) is 16.4 Å². The molecule has 2 aliphatic rings. The van der Waals surface area contributed by atoms with Crippen LogP contribution in [-0.4, -0.2) is 12.6 Å². The molecule has 1 heterocycles. The van der Waals surface area contributed by atoms with E-state index in [2.05, 4.69) is 39.0 Å². The van der Waals surface area contributed by atoms with Gasteiger partial charge in [-0.2, -0.15) is 0 Å². The summed E-state index contributed by atoms with van der Waals surface area (Å²) in [5.74, 6) is 0.924. The number of fused-ring (bicyclic) bond motifs is 1. The van der Waals surface area contributed by atoms with Crippen molar-refractivity contribution in [1.29, 1.82) is 0 Å². The van der Waals surface area contributed by atoms with Gasteiger partial charge in [0.05, 0.1) is 0 Å². The first-order chi connectivity index (χ1) is 8.79. The zero-order chi connectivity index (χ0) is 12.5. The summed E-state index contributed by atoms with van der Waals surface area (Å²) >= 11 is 3.54. The van der Waals surface area contributed by atoms with Crippen LogP contribution in [0, 0.1) is 5.92 Å². The Morgan fingerprint density at radius 2 is 2.06 bits per heavy atom. The monoisotopic (exact) mass is 308 g/mol. The van der Waals surface area contributed by atoms with Crippen LogP contribution in [0.2, 0.25) is 0 Å². The number of anilines is 1. The van der Waals surface area contributed by atoms with E-state index in [4.69, 9.17) is 5.73 Å². The van der Waals surface area contributed by atoms with Gasteiger partial charge in [-0.25, -0.2) is 0 Å². The normalized spacial score (nSPS) is 27.3. The Labute approximate surface area is 118 Å². The highest BCUT2D eigenvalue weighted by atomic mass is 79.9. The van der Waals surface area contributed by atoms with Crippen LogP contribution in [0.5, 0.6) is 0 Å². The summed E-state index contributed by atoms with van der Waals surface area (Å²) in [7, 11) is 0. The van der Waals surface area contributed by atoms with E-state index in [1.165, 1.54) is 49.9 Å². The molecule has 2 nitrogen and oxygen atoms in total. The third-order valence-corrected chi connectivity index (χ3v) is 5.07. The van der Waals surface area contributed by atoms with E-state index >= 15 is 0 Å². The minimum absolute atomic E-state index is 0.628. The number of hydrogen-bond donors (Lipinski definition) is 1. The van der Waals surface area contributed by atoms with Crippen molar-refractivity contribution in [2.24, 2.45) is 11.7 Å². The maximum atomic E-state index is 5.91. The van der Waals surface area contributed by atoms with E-state index in [1.807, 2.05) is 0 Å². The van der Waals surface area contributed by atoms with E-state index < -0.39 is 0 Å². The van der Waals surface area contributed by atoms with Gasteiger partial charge < -0.3 is 10.6 Å². The van der Waals surface area contributed by atoms with Crippen molar-refractivity contribution in [1.82, 2.24) is 0 Å². The summed E-state index contributed by atoms with van der Waals surface area (Å²) in [6, 6.07) is 7.32. The molecule has 1 aliphatic heterocycles. The lowest BCUT2D eigenvalue weighted by atomic mass is 9.85. The first-order valence-corrected chi connectivity index (χ1v) is 7.84. The summed E-state index contributed by atoms with van der Waals surface area (Å²) in [5, 5.41) is 0. The number of halogens is 1. The van der Waals surface area contributed by atoms with E-state index in [0.29, 0.717) is 6.54 Å². The third kappa shape index (κ3) is 2.19. The molecular formula is C15H21BrN2. The van der Waals surface area contributed by atoms with E-state index in [9.17, 15) is 0 Å². The summed E-state index contributed by atoms with van der Waals surface area (Å²) in [6.07, 6.45) is 6.98. The molecule has 0 amide bonds. The molecule has 18 heavy (non-hydrogen) atoms. The predicted octanol–water partition coefficient (Wildman–Crippen LogP) is 3.68. The van der Waals surface area contributed by atoms with Gasteiger partial charge in [0.2, 0.25) is 0 Å². The van der Waals surface area contributed by atoms with Crippen molar-refractivity contribution in [3.8, 4) is 0 Å². The summed E-state index contributed by atoms with van der Waals surface area (Å²) in [4.78, 5) is 2.62.